The van der Waals surface area contributed by atoms with Gasteiger partial charge in [0.15, 0.2) is 5.65 Å². The predicted molar refractivity (Wildman–Crippen MR) is 131 cm³/mol. The smallest absolute Gasteiger partial charge is 0.326 e. The number of hydrogen-bond donors (Lipinski definition) is 2. The van der Waals surface area contributed by atoms with Crippen LogP contribution in [-0.4, -0.2) is 70.8 Å². The molecular formula is C25H27N7O3. The molecule has 10 nitrogen and oxygen atoms in total. The Hall–Kier alpha value is -3.76. The molecule has 6 rings (SSSR count). The number of fused-ring (bicyclic) bond motifs is 1. The van der Waals surface area contributed by atoms with Gasteiger partial charge in [0.25, 0.3) is 5.91 Å². The van der Waals surface area contributed by atoms with Crippen LogP contribution >= 0.6 is 0 Å². The number of anilines is 1. The fraction of sp³-hybridized carbons (Fsp3) is 0.360. The SMILES string of the molecule is CN(c1cc(-c2cccc(CN3CCOCC3)c2)nc2c(/C=C3\NC(=O)NC3=O)cnn12)C1CC1. The van der Waals surface area contributed by atoms with Crippen LogP contribution in [0.4, 0.5) is 10.6 Å². The third kappa shape index (κ3) is 4.38. The molecule has 3 aliphatic rings. The zero-order chi connectivity index (χ0) is 23.9. The van der Waals surface area contributed by atoms with Gasteiger partial charge in [-0.2, -0.15) is 9.61 Å². The standard InChI is InChI=1S/C25H27N7O3/c1-30(19-5-6-19)22-13-20(17-4-2-3-16(11-17)15-31-7-9-35-10-8-31)27-23-18(14-26-32(22)23)12-21-24(33)29-25(34)28-21/h2-4,11-14,19H,5-10,15H2,1H3,(H2,28,29,33,34)/b21-12-. The Labute approximate surface area is 202 Å². The van der Waals surface area contributed by atoms with E-state index in [1.165, 1.54) is 5.56 Å². The van der Waals surface area contributed by atoms with Crippen molar-refractivity contribution in [2.24, 2.45) is 0 Å². The molecule has 1 saturated carbocycles. The number of imide groups is 1. The molecule has 2 aromatic heterocycles. The third-order valence-corrected chi connectivity index (χ3v) is 6.69. The Bertz CT molecular complexity index is 1340. The van der Waals surface area contributed by atoms with E-state index >= 15 is 0 Å². The van der Waals surface area contributed by atoms with Crippen LogP contribution in [0.5, 0.6) is 0 Å². The van der Waals surface area contributed by atoms with Gasteiger partial charge >= 0.3 is 6.03 Å². The number of morpholine rings is 1. The van der Waals surface area contributed by atoms with Crippen LogP contribution in [-0.2, 0) is 16.1 Å². The quantitative estimate of drug-likeness (QED) is 0.417. The summed E-state index contributed by atoms with van der Waals surface area (Å²) >= 11 is 0. The van der Waals surface area contributed by atoms with Crippen LogP contribution in [0, 0.1) is 0 Å². The monoisotopic (exact) mass is 473 g/mol. The minimum Gasteiger partial charge on any atom is -0.379 e. The first kappa shape index (κ1) is 21.8. The molecule has 4 heterocycles. The maximum Gasteiger partial charge on any atom is 0.326 e. The van der Waals surface area contributed by atoms with Crippen LogP contribution in [0.3, 0.4) is 0 Å². The van der Waals surface area contributed by atoms with E-state index < -0.39 is 11.9 Å². The molecule has 3 amide bonds. The molecule has 0 unspecified atom stereocenters. The molecule has 3 fully saturated rings. The van der Waals surface area contributed by atoms with Crippen LogP contribution in [0.2, 0.25) is 0 Å². The highest BCUT2D eigenvalue weighted by atomic mass is 16.5. The minimum atomic E-state index is -0.530. The maximum absolute atomic E-state index is 12.1. The number of rotatable bonds is 6. The zero-order valence-electron chi connectivity index (χ0n) is 19.5. The summed E-state index contributed by atoms with van der Waals surface area (Å²) in [5.74, 6) is 0.479. The van der Waals surface area contributed by atoms with E-state index in [9.17, 15) is 9.59 Å². The Morgan fingerprint density at radius 1 is 1.17 bits per heavy atom. The average Bonchev–Trinajstić information content (AvgIpc) is 3.57. The molecule has 2 saturated heterocycles. The summed E-state index contributed by atoms with van der Waals surface area (Å²) in [5.41, 5.74) is 4.56. The fourth-order valence-electron chi connectivity index (χ4n) is 4.60. The highest BCUT2D eigenvalue weighted by Crippen LogP contribution is 2.33. The van der Waals surface area contributed by atoms with Crippen LogP contribution in [0.25, 0.3) is 23.0 Å². The topological polar surface area (TPSA) is 104 Å². The van der Waals surface area contributed by atoms with E-state index in [4.69, 9.17) is 9.72 Å². The van der Waals surface area contributed by atoms with E-state index in [2.05, 4.69) is 62.9 Å². The molecule has 2 N–H and O–H groups in total. The summed E-state index contributed by atoms with van der Waals surface area (Å²) in [6.45, 7) is 4.28. The molecule has 0 radical (unpaired) electrons. The highest BCUT2D eigenvalue weighted by Gasteiger charge is 2.29. The van der Waals surface area contributed by atoms with Gasteiger partial charge in [-0.1, -0.05) is 18.2 Å². The van der Waals surface area contributed by atoms with Crippen LogP contribution in [0.1, 0.15) is 24.0 Å². The molecular weight excluding hydrogens is 446 g/mol. The van der Waals surface area contributed by atoms with Gasteiger partial charge in [-0.15, -0.1) is 0 Å². The molecule has 10 heteroatoms. The van der Waals surface area contributed by atoms with Crippen molar-refractivity contribution < 1.29 is 14.3 Å². The highest BCUT2D eigenvalue weighted by molar-refractivity contribution is 6.14. The van der Waals surface area contributed by atoms with Crippen LogP contribution < -0.4 is 15.5 Å². The Morgan fingerprint density at radius 2 is 2.00 bits per heavy atom. The maximum atomic E-state index is 12.1. The molecule has 35 heavy (non-hydrogen) atoms. The lowest BCUT2D eigenvalue weighted by Crippen LogP contribution is -2.35. The van der Waals surface area contributed by atoms with E-state index in [1.54, 1.807) is 16.8 Å². The lowest BCUT2D eigenvalue weighted by molar-refractivity contribution is -0.115. The summed E-state index contributed by atoms with van der Waals surface area (Å²) in [6, 6.07) is 10.5. The minimum absolute atomic E-state index is 0.182. The van der Waals surface area contributed by atoms with Gasteiger partial charge in [0.1, 0.15) is 11.5 Å². The van der Waals surface area contributed by atoms with Crippen molar-refractivity contribution in [2.45, 2.75) is 25.4 Å². The first-order valence-corrected chi connectivity index (χ1v) is 11.9. The lowest BCUT2D eigenvalue weighted by Gasteiger charge is -2.26. The summed E-state index contributed by atoms with van der Waals surface area (Å²) in [6.07, 6.45) is 5.59. The van der Waals surface area contributed by atoms with Gasteiger partial charge in [0.2, 0.25) is 0 Å². The van der Waals surface area contributed by atoms with Crippen molar-refractivity contribution in [1.29, 1.82) is 0 Å². The second kappa shape index (κ2) is 8.79. The number of carbonyl (C=O) groups is 2. The summed E-state index contributed by atoms with van der Waals surface area (Å²) < 4.78 is 7.28. The second-order valence-electron chi connectivity index (χ2n) is 9.23. The molecule has 180 valence electrons. The van der Waals surface area contributed by atoms with Gasteiger partial charge < -0.3 is 15.0 Å². The van der Waals surface area contributed by atoms with Gasteiger partial charge in [-0.25, -0.2) is 9.78 Å². The summed E-state index contributed by atoms with van der Waals surface area (Å²) in [7, 11) is 2.08. The number of amides is 3. The van der Waals surface area contributed by atoms with Crippen molar-refractivity contribution in [3.05, 3.63) is 53.4 Å². The Kier molecular flexibility index (Phi) is 5.46. The Balaban J connectivity index is 1.41. The predicted octanol–water partition coefficient (Wildman–Crippen LogP) is 2.01. The molecule has 1 aromatic carbocycles. The van der Waals surface area contributed by atoms with Crippen molar-refractivity contribution in [1.82, 2.24) is 30.1 Å². The van der Waals surface area contributed by atoms with Crippen molar-refractivity contribution in [2.75, 3.05) is 38.3 Å². The number of urea groups is 1. The number of ether oxygens (including phenoxy) is 1. The lowest BCUT2D eigenvalue weighted by atomic mass is 10.1. The summed E-state index contributed by atoms with van der Waals surface area (Å²) in [4.78, 5) is 33.2. The Morgan fingerprint density at radius 3 is 2.74 bits per heavy atom. The zero-order valence-corrected chi connectivity index (χ0v) is 19.5. The molecule has 2 aliphatic heterocycles. The van der Waals surface area contributed by atoms with E-state index in [1.807, 2.05) is 0 Å². The fourth-order valence-corrected chi connectivity index (χ4v) is 4.60. The van der Waals surface area contributed by atoms with Crippen molar-refractivity contribution in [3.63, 3.8) is 0 Å². The third-order valence-electron chi connectivity index (χ3n) is 6.69. The summed E-state index contributed by atoms with van der Waals surface area (Å²) in [5, 5.41) is 9.34. The number of carbonyl (C=O) groups excluding carboxylic acids is 2. The molecule has 0 atom stereocenters. The van der Waals surface area contributed by atoms with Crippen LogP contribution in [0.15, 0.2) is 42.2 Å². The number of benzene rings is 1. The average molecular weight is 474 g/mol. The van der Waals surface area contributed by atoms with Gasteiger partial charge in [-0.05, 0) is 30.5 Å². The molecule has 3 aromatic rings. The molecule has 1 aliphatic carbocycles. The van der Waals surface area contributed by atoms with E-state index in [0.29, 0.717) is 17.3 Å². The first-order chi connectivity index (χ1) is 17.0. The van der Waals surface area contributed by atoms with Gasteiger partial charge in [0, 0.05) is 49.9 Å². The number of hydrogen-bond acceptors (Lipinski definition) is 7. The normalized spacial score (nSPS) is 19.9. The van der Waals surface area contributed by atoms with Gasteiger partial charge in [0.05, 0.1) is 25.1 Å². The van der Waals surface area contributed by atoms with Crippen molar-refractivity contribution >= 4 is 29.5 Å². The number of nitrogens with one attached hydrogen (secondary N) is 2. The van der Waals surface area contributed by atoms with E-state index in [0.717, 1.165) is 62.8 Å². The molecule has 0 bridgehead atoms. The first-order valence-electron chi connectivity index (χ1n) is 11.9. The second-order valence-corrected chi connectivity index (χ2v) is 9.23. The number of aromatic nitrogens is 3. The van der Waals surface area contributed by atoms with Gasteiger partial charge in [-0.3, -0.25) is 15.0 Å². The van der Waals surface area contributed by atoms with Crippen molar-refractivity contribution in [3.8, 4) is 11.3 Å². The van der Waals surface area contributed by atoms with E-state index in [-0.39, 0.29) is 5.70 Å². The largest absolute Gasteiger partial charge is 0.379 e. The molecule has 0 spiro atoms. The number of nitrogens with zero attached hydrogens (tertiary/aromatic N) is 5.